The molecule has 0 saturated heterocycles. The van der Waals surface area contributed by atoms with Gasteiger partial charge in [-0.05, 0) is 12.2 Å². The van der Waals surface area contributed by atoms with Crippen molar-refractivity contribution in [1.29, 1.82) is 0 Å². The molecule has 0 fully saturated rings. The minimum absolute atomic E-state index is 0.422. The molecule has 0 radical (unpaired) electrons. The fourth-order valence-corrected chi connectivity index (χ4v) is 0.465. The van der Waals surface area contributed by atoms with Crippen molar-refractivity contribution in [3.05, 3.63) is 22.3 Å². The van der Waals surface area contributed by atoms with E-state index < -0.39 is 22.6 Å². The number of carbonyl (C=O) groups excluding carboxylic acids is 1. The summed E-state index contributed by atoms with van der Waals surface area (Å²) in [4.78, 5) is 20.0. The van der Waals surface area contributed by atoms with Crippen LogP contribution in [0.2, 0.25) is 0 Å². The van der Waals surface area contributed by atoms with Crippen LogP contribution in [-0.2, 0) is 4.79 Å². The molecule has 3 N–H and O–H groups in total. The van der Waals surface area contributed by atoms with Crippen LogP contribution in [0.3, 0.4) is 0 Å². The van der Waals surface area contributed by atoms with E-state index in [4.69, 9.17) is 10.9 Å². The first-order valence-electron chi connectivity index (χ1n) is 3.32. The zero-order chi connectivity index (χ0) is 10.4. The predicted octanol–water partition coefficient (Wildman–Crippen LogP) is -0.477. The number of primary amides is 1. The Bertz CT molecular complexity index is 271. The SMILES string of the molecule is CC(/C=C/C(=NO)C(N)=O)[N+](=O)[O-]. The van der Waals surface area contributed by atoms with E-state index in [2.05, 4.69) is 5.16 Å². The molecule has 1 unspecified atom stereocenters. The molecule has 0 bridgehead atoms. The number of hydrogen-bond donors (Lipinski definition) is 2. The molecule has 0 heterocycles. The fraction of sp³-hybridized carbons (Fsp3) is 0.333. The highest BCUT2D eigenvalue weighted by molar-refractivity contribution is 6.42. The Hall–Kier alpha value is -1.92. The zero-order valence-electron chi connectivity index (χ0n) is 6.88. The minimum Gasteiger partial charge on any atom is -0.410 e. The van der Waals surface area contributed by atoms with Crippen molar-refractivity contribution in [2.75, 3.05) is 0 Å². The summed E-state index contributed by atoms with van der Waals surface area (Å²) in [6, 6.07) is -0.962. The number of hydrogen-bond acceptors (Lipinski definition) is 5. The molecule has 0 aliphatic carbocycles. The van der Waals surface area contributed by atoms with E-state index in [9.17, 15) is 14.9 Å². The summed E-state index contributed by atoms with van der Waals surface area (Å²) in [7, 11) is 0. The lowest BCUT2D eigenvalue weighted by Crippen LogP contribution is -2.22. The monoisotopic (exact) mass is 187 g/mol. The number of amides is 1. The average Bonchev–Trinajstić information content (AvgIpc) is 2.04. The number of rotatable bonds is 4. The highest BCUT2D eigenvalue weighted by Gasteiger charge is 2.09. The van der Waals surface area contributed by atoms with Crippen molar-refractivity contribution in [2.45, 2.75) is 13.0 Å². The molecule has 0 aromatic carbocycles. The smallest absolute Gasteiger partial charge is 0.270 e. The summed E-state index contributed by atoms with van der Waals surface area (Å²) in [6.45, 7) is 1.31. The van der Waals surface area contributed by atoms with Gasteiger partial charge < -0.3 is 10.9 Å². The number of nitrogens with two attached hydrogens (primary N) is 1. The standard InChI is InChI=1S/C6H9N3O4/c1-4(9(12)13)2-3-5(8-11)6(7)10/h2-4,11H,1H3,(H2,7,10)/b3-2+,8-5?. The van der Waals surface area contributed by atoms with Gasteiger partial charge in [-0.1, -0.05) is 5.16 Å². The Kier molecular flexibility index (Phi) is 4.14. The molecule has 1 atom stereocenters. The number of carbonyl (C=O) groups is 1. The summed E-state index contributed by atoms with van der Waals surface area (Å²) in [5, 5.41) is 20.9. The van der Waals surface area contributed by atoms with Gasteiger partial charge in [-0.15, -0.1) is 0 Å². The molecule has 0 saturated carbocycles. The van der Waals surface area contributed by atoms with E-state index in [0.717, 1.165) is 12.2 Å². The van der Waals surface area contributed by atoms with Crippen molar-refractivity contribution in [1.82, 2.24) is 0 Å². The maximum atomic E-state index is 10.4. The molecule has 1 amide bonds. The molecule has 0 aromatic heterocycles. The van der Waals surface area contributed by atoms with Gasteiger partial charge in [0.05, 0.1) is 0 Å². The quantitative estimate of drug-likeness (QED) is 0.267. The number of nitro groups is 1. The van der Waals surface area contributed by atoms with Crippen molar-refractivity contribution in [3.63, 3.8) is 0 Å². The number of oxime groups is 1. The van der Waals surface area contributed by atoms with Crippen LogP contribution in [0.5, 0.6) is 0 Å². The molecular weight excluding hydrogens is 178 g/mol. The second-order valence-electron chi connectivity index (χ2n) is 2.23. The van der Waals surface area contributed by atoms with Crippen LogP contribution in [-0.4, -0.2) is 27.8 Å². The van der Waals surface area contributed by atoms with Crippen LogP contribution in [0.1, 0.15) is 6.92 Å². The van der Waals surface area contributed by atoms with Crippen LogP contribution in [0.25, 0.3) is 0 Å². The second-order valence-corrected chi connectivity index (χ2v) is 2.23. The highest BCUT2D eigenvalue weighted by atomic mass is 16.6. The molecule has 0 aliphatic heterocycles. The third kappa shape index (κ3) is 3.85. The average molecular weight is 187 g/mol. The Morgan fingerprint density at radius 2 is 2.31 bits per heavy atom. The summed E-state index contributed by atoms with van der Waals surface area (Å²) < 4.78 is 0. The first kappa shape index (κ1) is 11.1. The van der Waals surface area contributed by atoms with Crippen molar-refractivity contribution in [2.24, 2.45) is 10.9 Å². The van der Waals surface area contributed by atoms with Crippen molar-refractivity contribution >= 4 is 11.6 Å². The van der Waals surface area contributed by atoms with Gasteiger partial charge in [0.15, 0.2) is 5.71 Å². The predicted molar refractivity (Wildman–Crippen MR) is 44.0 cm³/mol. The van der Waals surface area contributed by atoms with Crippen LogP contribution in [0.15, 0.2) is 17.3 Å². The minimum atomic E-state index is -0.962. The molecule has 7 heteroatoms. The molecule has 13 heavy (non-hydrogen) atoms. The van der Waals surface area contributed by atoms with E-state index in [0.29, 0.717) is 0 Å². The van der Waals surface area contributed by atoms with E-state index >= 15 is 0 Å². The number of nitrogens with zero attached hydrogens (tertiary/aromatic N) is 2. The molecular formula is C6H9N3O4. The summed E-state index contributed by atoms with van der Waals surface area (Å²) >= 11 is 0. The molecule has 72 valence electrons. The lowest BCUT2D eigenvalue weighted by atomic mass is 10.2. The third-order valence-electron chi connectivity index (χ3n) is 1.23. The Morgan fingerprint density at radius 3 is 2.62 bits per heavy atom. The summed E-state index contributed by atoms with van der Waals surface area (Å²) in [5.41, 5.74) is 4.34. The van der Waals surface area contributed by atoms with E-state index in [1.165, 1.54) is 6.92 Å². The maximum Gasteiger partial charge on any atom is 0.270 e. The Labute approximate surface area is 73.7 Å². The zero-order valence-corrected chi connectivity index (χ0v) is 6.88. The van der Waals surface area contributed by atoms with Gasteiger partial charge >= 0.3 is 0 Å². The molecule has 0 aromatic rings. The summed E-state index contributed by atoms with van der Waals surface area (Å²) in [6.07, 6.45) is 2.09. The van der Waals surface area contributed by atoms with E-state index in [1.807, 2.05) is 0 Å². The largest absolute Gasteiger partial charge is 0.410 e. The van der Waals surface area contributed by atoms with E-state index in [1.54, 1.807) is 0 Å². The van der Waals surface area contributed by atoms with Gasteiger partial charge in [-0.3, -0.25) is 14.9 Å². The second kappa shape index (κ2) is 4.86. The molecule has 0 rings (SSSR count). The van der Waals surface area contributed by atoms with Gasteiger partial charge in [0.25, 0.3) is 5.91 Å². The highest BCUT2D eigenvalue weighted by Crippen LogP contribution is 1.91. The molecule has 0 spiro atoms. The lowest BCUT2D eigenvalue weighted by Gasteiger charge is -1.95. The van der Waals surface area contributed by atoms with Gasteiger partial charge in [0, 0.05) is 11.8 Å². The van der Waals surface area contributed by atoms with Crippen LogP contribution in [0.4, 0.5) is 0 Å². The van der Waals surface area contributed by atoms with Gasteiger partial charge in [-0.2, -0.15) is 0 Å². The van der Waals surface area contributed by atoms with Crippen LogP contribution >= 0.6 is 0 Å². The molecule has 0 aliphatic rings. The Morgan fingerprint density at radius 1 is 1.77 bits per heavy atom. The van der Waals surface area contributed by atoms with Crippen LogP contribution < -0.4 is 5.73 Å². The fourth-order valence-electron chi connectivity index (χ4n) is 0.465. The maximum absolute atomic E-state index is 10.4. The van der Waals surface area contributed by atoms with Gasteiger partial charge in [0.1, 0.15) is 0 Å². The van der Waals surface area contributed by atoms with Crippen molar-refractivity contribution in [3.8, 4) is 0 Å². The van der Waals surface area contributed by atoms with Crippen LogP contribution in [0, 0.1) is 10.1 Å². The van der Waals surface area contributed by atoms with Gasteiger partial charge in [0.2, 0.25) is 6.04 Å². The summed E-state index contributed by atoms with van der Waals surface area (Å²) in [5.74, 6) is -0.950. The lowest BCUT2D eigenvalue weighted by molar-refractivity contribution is -0.504. The van der Waals surface area contributed by atoms with Gasteiger partial charge in [-0.25, -0.2) is 0 Å². The topological polar surface area (TPSA) is 119 Å². The first-order valence-corrected chi connectivity index (χ1v) is 3.32. The normalized spacial score (nSPS) is 14.4. The Balaban J connectivity index is 4.42. The third-order valence-corrected chi connectivity index (χ3v) is 1.23. The first-order chi connectivity index (χ1) is 5.99. The van der Waals surface area contributed by atoms with Crippen molar-refractivity contribution < 1.29 is 14.9 Å². The van der Waals surface area contributed by atoms with E-state index in [-0.39, 0.29) is 0 Å². The molecule has 7 nitrogen and oxygen atoms in total.